The molecule has 3 nitrogen and oxygen atoms in total. The van der Waals surface area contributed by atoms with Crippen molar-refractivity contribution in [1.82, 2.24) is 9.80 Å². The molecule has 0 N–H and O–H groups in total. The van der Waals surface area contributed by atoms with Crippen LogP contribution in [0.5, 0.6) is 5.75 Å². The van der Waals surface area contributed by atoms with Crippen LogP contribution in [0.15, 0.2) is 24.3 Å². The number of ether oxygens (including phenoxy) is 1. The van der Waals surface area contributed by atoms with Gasteiger partial charge in [0.2, 0.25) is 0 Å². The van der Waals surface area contributed by atoms with Crippen LogP contribution >= 0.6 is 24.6 Å². The van der Waals surface area contributed by atoms with E-state index < -0.39 is 0 Å². The number of para-hydroxylation sites is 1. The summed E-state index contributed by atoms with van der Waals surface area (Å²) in [5.74, 6) is 0.913. The van der Waals surface area contributed by atoms with E-state index in [-0.39, 0.29) is 18.5 Å². The van der Waals surface area contributed by atoms with Gasteiger partial charge in [0.25, 0.3) is 0 Å². The predicted molar refractivity (Wildman–Crippen MR) is 85.6 cm³/mol. The maximum absolute atomic E-state index is 6.09. The van der Waals surface area contributed by atoms with Crippen molar-refractivity contribution in [2.24, 2.45) is 0 Å². The summed E-state index contributed by atoms with van der Waals surface area (Å²) >= 11 is 5.49. The maximum atomic E-state index is 6.09. The molecule has 0 amide bonds. The van der Waals surface area contributed by atoms with E-state index in [1.807, 2.05) is 31.3 Å². The Kier molecular flexibility index (Phi) is 6.04. The zero-order valence-corrected chi connectivity index (χ0v) is 13.3. The molecule has 1 heterocycles. The third-order valence-electron chi connectivity index (χ3n) is 3.13. The molecule has 1 aliphatic rings. The Morgan fingerprint density at radius 3 is 2.74 bits per heavy atom. The van der Waals surface area contributed by atoms with Gasteiger partial charge in [-0.25, -0.2) is 0 Å². The van der Waals surface area contributed by atoms with Gasteiger partial charge in [-0.1, -0.05) is 24.4 Å². The van der Waals surface area contributed by atoms with Gasteiger partial charge in [0, 0.05) is 13.6 Å². The van der Waals surface area contributed by atoms with Crippen LogP contribution in [-0.2, 0) is 0 Å². The first-order chi connectivity index (χ1) is 8.58. The van der Waals surface area contributed by atoms with Gasteiger partial charge < -0.3 is 14.5 Å². The zero-order chi connectivity index (χ0) is 13.1. The second-order valence-corrected chi connectivity index (χ2v) is 5.40. The summed E-state index contributed by atoms with van der Waals surface area (Å²) in [6.07, 6.45) is 1.20. The molecule has 5 heteroatoms. The van der Waals surface area contributed by atoms with Gasteiger partial charge in [0.1, 0.15) is 16.8 Å². The van der Waals surface area contributed by atoms with E-state index in [9.17, 15) is 0 Å². The van der Waals surface area contributed by atoms with Gasteiger partial charge in [-0.2, -0.15) is 0 Å². The highest BCUT2D eigenvalue weighted by Crippen LogP contribution is 2.25. The second-order valence-electron chi connectivity index (χ2n) is 5.01. The molecule has 1 aliphatic heterocycles. The number of rotatable bonds is 3. The molecule has 0 fully saturated rings. The molecule has 106 valence electrons. The van der Waals surface area contributed by atoms with Crippen LogP contribution in [-0.4, -0.2) is 55.1 Å². The minimum atomic E-state index is 0. The lowest BCUT2D eigenvalue weighted by molar-refractivity contribution is 0.160. The van der Waals surface area contributed by atoms with E-state index in [1.165, 1.54) is 0 Å². The van der Waals surface area contributed by atoms with Crippen molar-refractivity contribution in [2.45, 2.75) is 12.5 Å². The highest BCUT2D eigenvalue weighted by molar-refractivity contribution is 7.80. The molecule has 0 bridgehead atoms. The number of hydrogen-bond acceptors (Lipinski definition) is 3. The van der Waals surface area contributed by atoms with Crippen molar-refractivity contribution in [1.29, 1.82) is 0 Å². The van der Waals surface area contributed by atoms with Gasteiger partial charge >= 0.3 is 0 Å². The van der Waals surface area contributed by atoms with Crippen LogP contribution in [0.3, 0.4) is 0 Å². The third kappa shape index (κ3) is 4.06. The second kappa shape index (κ2) is 7.08. The standard InChI is InChI=1S/C14H20N2OS.ClH/c1-15(2)9-8-11-10-16(3)14(18)12-6-4-5-7-13(12)17-11;/h4-7,11H,8-10H2,1-3H3;1H. The molecule has 0 spiro atoms. The van der Waals surface area contributed by atoms with Crippen LogP contribution in [0.1, 0.15) is 12.0 Å². The van der Waals surface area contributed by atoms with Gasteiger partial charge in [-0.15, -0.1) is 12.4 Å². The number of hydrogen-bond donors (Lipinski definition) is 0. The molecule has 0 aliphatic carbocycles. The Hall–Kier alpha value is -0.840. The van der Waals surface area contributed by atoms with E-state index >= 15 is 0 Å². The van der Waals surface area contributed by atoms with Gasteiger partial charge in [0.05, 0.1) is 12.1 Å². The number of halogens is 1. The summed E-state index contributed by atoms with van der Waals surface area (Å²) < 4.78 is 6.09. The molecule has 2 rings (SSSR count). The van der Waals surface area contributed by atoms with E-state index in [0.717, 1.165) is 35.8 Å². The summed E-state index contributed by atoms with van der Waals surface area (Å²) in [5, 5.41) is 0. The molecule has 0 aromatic heterocycles. The molecule has 1 aromatic rings. The Bertz CT molecular complexity index is 439. The fourth-order valence-electron chi connectivity index (χ4n) is 2.11. The Balaban J connectivity index is 0.00000180. The van der Waals surface area contributed by atoms with Crippen molar-refractivity contribution >= 4 is 29.6 Å². The molecule has 1 unspecified atom stereocenters. The molecule has 1 aromatic carbocycles. The summed E-state index contributed by atoms with van der Waals surface area (Å²) in [6.45, 7) is 1.87. The Morgan fingerprint density at radius 2 is 2.05 bits per heavy atom. The number of nitrogens with zero attached hydrogens (tertiary/aromatic N) is 2. The van der Waals surface area contributed by atoms with Crippen LogP contribution in [0, 0.1) is 0 Å². The largest absolute Gasteiger partial charge is 0.488 e. The third-order valence-corrected chi connectivity index (χ3v) is 3.67. The lowest BCUT2D eigenvalue weighted by Gasteiger charge is -2.22. The average molecular weight is 301 g/mol. The molecular formula is C14H21ClN2OS. The highest BCUT2D eigenvalue weighted by Gasteiger charge is 2.23. The quantitative estimate of drug-likeness (QED) is 0.796. The van der Waals surface area contributed by atoms with E-state index in [4.69, 9.17) is 17.0 Å². The maximum Gasteiger partial charge on any atom is 0.130 e. The minimum absolute atomic E-state index is 0. The fourth-order valence-corrected chi connectivity index (χ4v) is 2.35. The predicted octanol–water partition coefficient (Wildman–Crippen LogP) is 2.43. The number of thiocarbonyl (C=S) groups is 1. The van der Waals surface area contributed by atoms with Crippen molar-refractivity contribution in [3.8, 4) is 5.75 Å². The average Bonchev–Trinajstić information content (AvgIpc) is 2.46. The zero-order valence-electron chi connectivity index (χ0n) is 11.6. The molecule has 0 radical (unpaired) electrons. The number of likely N-dealkylation sites (N-methyl/N-ethyl adjacent to an activating group) is 1. The molecule has 0 saturated carbocycles. The monoisotopic (exact) mass is 300 g/mol. The van der Waals surface area contributed by atoms with Gasteiger partial charge in [0.15, 0.2) is 0 Å². The normalized spacial score (nSPS) is 18.4. The van der Waals surface area contributed by atoms with E-state index in [2.05, 4.69) is 23.9 Å². The SMILES string of the molecule is CN(C)CCC1CN(C)C(=S)c2ccccc2O1.Cl. The Morgan fingerprint density at radius 1 is 1.37 bits per heavy atom. The lowest BCUT2D eigenvalue weighted by atomic mass is 10.2. The summed E-state index contributed by atoms with van der Waals surface area (Å²) in [7, 11) is 6.20. The van der Waals surface area contributed by atoms with Crippen LogP contribution in [0.25, 0.3) is 0 Å². The van der Waals surface area contributed by atoms with Crippen LogP contribution in [0.2, 0.25) is 0 Å². The van der Waals surface area contributed by atoms with Crippen LogP contribution < -0.4 is 4.74 Å². The first-order valence-corrected chi connectivity index (χ1v) is 6.64. The molecule has 19 heavy (non-hydrogen) atoms. The Labute approximate surface area is 126 Å². The lowest BCUT2D eigenvalue weighted by Crippen LogP contribution is -2.35. The first kappa shape index (κ1) is 16.2. The van der Waals surface area contributed by atoms with Crippen LogP contribution in [0.4, 0.5) is 0 Å². The topological polar surface area (TPSA) is 15.7 Å². The minimum Gasteiger partial charge on any atom is -0.488 e. The highest BCUT2D eigenvalue weighted by atomic mass is 35.5. The fraction of sp³-hybridized carbons (Fsp3) is 0.500. The summed E-state index contributed by atoms with van der Waals surface area (Å²) in [6, 6.07) is 8.03. The number of benzene rings is 1. The number of fused-ring (bicyclic) bond motifs is 1. The van der Waals surface area contributed by atoms with Crippen molar-refractivity contribution < 1.29 is 4.74 Å². The summed E-state index contributed by atoms with van der Waals surface area (Å²) in [5.41, 5.74) is 1.03. The van der Waals surface area contributed by atoms with Crippen molar-refractivity contribution in [2.75, 3.05) is 34.2 Å². The smallest absolute Gasteiger partial charge is 0.130 e. The van der Waals surface area contributed by atoms with Gasteiger partial charge in [-0.05, 0) is 32.6 Å². The summed E-state index contributed by atoms with van der Waals surface area (Å²) in [4.78, 5) is 5.16. The van der Waals surface area contributed by atoms with Crippen molar-refractivity contribution in [3.05, 3.63) is 29.8 Å². The van der Waals surface area contributed by atoms with Gasteiger partial charge in [-0.3, -0.25) is 0 Å². The molecule has 0 saturated heterocycles. The van der Waals surface area contributed by atoms with Crippen molar-refractivity contribution in [3.63, 3.8) is 0 Å². The van der Waals surface area contributed by atoms with E-state index in [0.29, 0.717) is 0 Å². The first-order valence-electron chi connectivity index (χ1n) is 6.24. The van der Waals surface area contributed by atoms with E-state index in [1.54, 1.807) is 0 Å². The molecular weight excluding hydrogens is 280 g/mol. The molecule has 1 atom stereocenters.